The van der Waals surface area contributed by atoms with E-state index in [0.717, 1.165) is 28.1 Å². The molecule has 0 saturated carbocycles. The number of halogens is 1. The van der Waals surface area contributed by atoms with Crippen LogP contribution in [0.5, 0.6) is 11.5 Å². The van der Waals surface area contributed by atoms with E-state index in [9.17, 15) is 4.79 Å². The molecule has 0 bridgehead atoms. The first-order chi connectivity index (χ1) is 15.9. The number of aryl methyl sites for hydroxylation is 2. The molecule has 3 aromatic rings. The minimum absolute atomic E-state index is 0.146. The molecule has 3 aromatic carbocycles. The van der Waals surface area contributed by atoms with Crippen LogP contribution in [0, 0.1) is 13.8 Å². The Labute approximate surface area is 202 Å². The van der Waals surface area contributed by atoms with E-state index >= 15 is 0 Å². The summed E-state index contributed by atoms with van der Waals surface area (Å²) in [5, 5.41) is 1.00. The van der Waals surface area contributed by atoms with Gasteiger partial charge in [-0.2, -0.15) is 0 Å². The molecule has 0 aliphatic carbocycles. The lowest BCUT2D eigenvalue weighted by Crippen LogP contribution is -2.29. The highest BCUT2D eigenvalue weighted by molar-refractivity contribution is 8.19. The second-order valence-electron chi connectivity index (χ2n) is 7.46. The van der Waals surface area contributed by atoms with Gasteiger partial charge in [-0.05, 0) is 72.6 Å². The largest absolute Gasteiger partial charge is 0.493 e. The maximum Gasteiger partial charge on any atom is 0.271 e. The molecule has 1 aliphatic rings. The summed E-state index contributed by atoms with van der Waals surface area (Å²) in [5.74, 6) is 0.805. The summed E-state index contributed by atoms with van der Waals surface area (Å²) in [6.07, 6.45) is 1.80. The number of hydrogen-bond donors (Lipinski definition) is 0. The summed E-state index contributed by atoms with van der Waals surface area (Å²) < 4.78 is 10.7. The van der Waals surface area contributed by atoms with Crippen molar-refractivity contribution in [3.8, 4) is 11.5 Å². The van der Waals surface area contributed by atoms with Crippen LogP contribution in [0.2, 0.25) is 5.02 Å². The normalized spacial score (nSPS) is 16.0. The maximum atomic E-state index is 13.6. The quantitative estimate of drug-likeness (QED) is 0.379. The molecule has 0 spiro atoms. The topological polar surface area (TPSA) is 51.1 Å². The van der Waals surface area contributed by atoms with Crippen LogP contribution in [0.1, 0.15) is 16.7 Å². The summed E-state index contributed by atoms with van der Waals surface area (Å²) in [4.78, 5) is 20.6. The molecule has 1 amide bonds. The molecule has 0 radical (unpaired) electrons. The minimum atomic E-state index is -0.146. The molecule has 0 aromatic heterocycles. The van der Waals surface area contributed by atoms with E-state index in [1.54, 1.807) is 30.2 Å². The van der Waals surface area contributed by atoms with Crippen LogP contribution in [0.25, 0.3) is 6.08 Å². The van der Waals surface area contributed by atoms with Crippen molar-refractivity contribution in [2.75, 3.05) is 19.1 Å². The number of hydrogen-bond acceptors (Lipinski definition) is 5. The molecule has 33 heavy (non-hydrogen) atoms. The highest BCUT2D eigenvalue weighted by atomic mass is 35.5. The van der Waals surface area contributed by atoms with E-state index < -0.39 is 0 Å². The minimum Gasteiger partial charge on any atom is -0.493 e. The van der Waals surface area contributed by atoms with Crippen LogP contribution in [0.3, 0.4) is 0 Å². The number of rotatable bonds is 5. The first kappa shape index (κ1) is 23.0. The van der Waals surface area contributed by atoms with Gasteiger partial charge < -0.3 is 9.47 Å². The number of thioether (sulfide) groups is 1. The maximum absolute atomic E-state index is 13.6. The lowest BCUT2D eigenvalue weighted by atomic mass is 10.1. The van der Waals surface area contributed by atoms with Crippen molar-refractivity contribution in [2.24, 2.45) is 4.99 Å². The lowest BCUT2D eigenvalue weighted by molar-refractivity contribution is -0.113. The zero-order valence-electron chi connectivity index (χ0n) is 18.8. The Hall–Kier alpha value is -3.22. The number of ether oxygens (including phenoxy) is 2. The Morgan fingerprint density at radius 3 is 2.33 bits per heavy atom. The van der Waals surface area contributed by atoms with Crippen LogP contribution >= 0.6 is 23.4 Å². The van der Waals surface area contributed by atoms with Gasteiger partial charge in [-0.25, -0.2) is 4.99 Å². The molecular weight excluding hydrogens is 456 g/mol. The van der Waals surface area contributed by atoms with Crippen molar-refractivity contribution in [3.05, 3.63) is 87.3 Å². The van der Waals surface area contributed by atoms with E-state index in [1.165, 1.54) is 18.9 Å². The van der Waals surface area contributed by atoms with Crippen molar-refractivity contribution in [1.82, 2.24) is 0 Å². The summed E-state index contributed by atoms with van der Waals surface area (Å²) in [5.41, 5.74) is 4.37. The molecule has 7 heteroatoms. The van der Waals surface area contributed by atoms with Gasteiger partial charge in [0, 0.05) is 0 Å². The molecule has 1 aliphatic heterocycles. The molecule has 1 heterocycles. The first-order valence-electron chi connectivity index (χ1n) is 10.3. The number of carbonyl (C=O) groups excluding carboxylic acids is 1. The predicted octanol–water partition coefficient (Wildman–Crippen LogP) is 6.78. The lowest BCUT2D eigenvalue weighted by Gasteiger charge is -2.18. The van der Waals surface area contributed by atoms with Gasteiger partial charge in [-0.15, -0.1) is 0 Å². The standard InChI is InChI=1S/C26H23ClN2O3S/c1-16-9-5-7-11-20(16)28-26-29(21-12-8-6-10-17(21)2)25(30)23(33-26)15-18-13-19(27)24(32-4)22(14-18)31-3/h5-15H,1-4H3. The van der Waals surface area contributed by atoms with Crippen molar-refractivity contribution in [1.29, 1.82) is 0 Å². The SMILES string of the molecule is COc1cc(C=C2SC(=Nc3ccccc3C)N(c3ccccc3C)C2=O)cc(Cl)c1OC. The van der Waals surface area contributed by atoms with Gasteiger partial charge in [0.2, 0.25) is 0 Å². The fourth-order valence-corrected chi connectivity index (χ4v) is 4.82. The summed E-state index contributed by atoms with van der Waals surface area (Å²) in [6, 6.07) is 19.2. The summed E-state index contributed by atoms with van der Waals surface area (Å²) >= 11 is 7.70. The van der Waals surface area contributed by atoms with Crippen LogP contribution < -0.4 is 14.4 Å². The average molecular weight is 479 g/mol. The third-order valence-electron chi connectivity index (χ3n) is 5.25. The summed E-state index contributed by atoms with van der Waals surface area (Å²) in [6.45, 7) is 3.98. The number of carbonyl (C=O) groups is 1. The number of nitrogens with zero attached hydrogens (tertiary/aromatic N) is 2. The Morgan fingerprint density at radius 1 is 0.970 bits per heavy atom. The number of amides is 1. The van der Waals surface area contributed by atoms with Crippen LogP contribution in [0.15, 0.2) is 70.6 Å². The number of methoxy groups -OCH3 is 2. The molecular formula is C26H23ClN2O3S. The highest BCUT2D eigenvalue weighted by Crippen LogP contribution is 2.41. The van der Waals surface area contributed by atoms with Gasteiger partial charge in [-0.1, -0.05) is 48.0 Å². The average Bonchev–Trinajstić information content (AvgIpc) is 3.09. The highest BCUT2D eigenvalue weighted by Gasteiger charge is 2.35. The Balaban J connectivity index is 1.82. The van der Waals surface area contributed by atoms with E-state index in [0.29, 0.717) is 26.6 Å². The number of anilines is 1. The van der Waals surface area contributed by atoms with Gasteiger partial charge in [0.05, 0.1) is 35.5 Å². The Bertz CT molecular complexity index is 1290. The van der Waals surface area contributed by atoms with E-state index in [2.05, 4.69) is 0 Å². The molecule has 5 nitrogen and oxygen atoms in total. The van der Waals surface area contributed by atoms with Crippen LogP contribution in [0.4, 0.5) is 11.4 Å². The Morgan fingerprint density at radius 2 is 1.67 bits per heavy atom. The molecule has 4 rings (SSSR count). The number of aliphatic imine (C=N–C) groups is 1. The summed E-state index contributed by atoms with van der Waals surface area (Å²) in [7, 11) is 3.08. The predicted molar refractivity (Wildman–Crippen MR) is 137 cm³/mol. The third kappa shape index (κ3) is 4.63. The molecule has 168 valence electrons. The van der Waals surface area contributed by atoms with Crippen molar-refractivity contribution in [2.45, 2.75) is 13.8 Å². The molecule has 1 fully saturated rings. The van der Waals surface area contributed by atoms with Gasteiger partial charge in [-0.3, -0.25) is 9.69 Å². The molecule has 0 N–H and O–H groups in total. The first-order valence-corrected chi connectivity index (χ1v) is 11.5. The van der Waals surface area contributed by atoms with E-state index in [1.807, 2.05) is 62.4 Å². The smallest absolute Gasteiger partial charge is 0.271 e. The fourth-order valence-electron chi connectivity index (χ4n) is 3.54. The number of amidine groups is 1. The second-order valence-corrected chi connectivity index (χ2v) is 8.87. The third-order valence-corrected chi connectivity index (χ3v) is 6.50. The zero-order chi connectivity index (χ0) is 23.5. The molecule has 1 saturated heterocycles. The van der Waals surface area contributed by atoms with E-state index in [-0.39, 0.29) is 5.91 Å². The number of para-hydroxylation sites is 2. The van der Waals surface area contributed by atoms with Crippen LogP contribution in [-0.4, -0.2) is 25.3 Å². The molecule has 0 atom stereocenters. The van der Waals surface area contributed by atoms with Gasteiger partial charge >= 0.3 is 0 Å². The zero-order valence-corrected chi connectivity index (χ0v) is 20.3. The van der Waals surface area contributed by atoms with Crippen molar-refractivity contribution < 1.29 is 14.3 Å². The Kier molecular flexibility index (Phi) is 6.77. The van der Waals surface area contributed by atoms with E-state index in [4.69, 9.17) is 26.1 Å². The molecule has 0 unspecified atom stereocenters. The number of benzene rings is 3. The van der Waals surface area contributed by atoms with Crippen molar-refractivity contribution >= 4 is 51.9 Å². The fraction of sp³-hybridized carbons (Fsp3) is 0.154. The monoisotopic (exact) mass is 478 g/mol. The van der Waals surface area contributed by atoms with Gasteiger partial charge in [0.15, 0.2) is 16.7 Å². The van der Waals surface area contributed by atoms with Crippen molar-refractivity contribution in [3.63, 3.8) is 0 Å². The van der Waals surface area contributed by atoms with Crippen LogP contribution in [-0.2, 0) is 4.79 Å². The van der Waals surface area contributed by atoms with Gasteiger partial charge in [0.1, 0.15) is 0 Å². The second kappa shape index (κ2) is 9.73. The van der Waals surface area contributed by atoms with Gasteiger partial charge in [0.25, 0.3) is 5.91 Å².